The summed E-state index contributed by atoms with van der Waals surface area (Å²) in [4.78, 5) is 15.8. The maximum atomic E-state index is 11.8. The fourth-order valence-electron chi connectivity index (χ4n) is 2.15. The molecule has 19 heavy (non-hydrogen) atoms. The van der Waals surface area contributed by atoms with Crippen LogP contribution in [0.3, 0.4) is 0 Å². The first kappa shape index (κ1) is 16.2. The minimum Gasteiger partial charge on any atom is -0.449 e. The summed E-state index contributed by atoms with van der Waals surface area (Å²) >= 11 is 0. The molecule has 0 bridgehead atoms. The summed E-state index contributed by atoms with van der Waals surface area (Å²) in [6.45, 7) is 6.34. The lowest BCUT2D eigenvalue weighted by Crippen LogP contribution is -2.46. The molecule has 0 unspecified atom stereocenters. The van der Waals surface area contributed by atoms with Gasteiger partial charge in [0.1, 0.15) is 0 Å². The van der Waals surface area contributed by atoms with Crippen molar-refractivity contribution in [2.75, 3.05) is 46.9 Å². The van der Waals surface area contributed by atoms with Crippen molar-refractivity contribution in [3.8, 4) is 0 Å². The predicted octanol–water partition coefficient (Wildman–Crippen LogP) is 1.54. The smallest absolute Gasteiger partial charge is 0.409 e. The van der Waals surface area contributed by atoms with Gasteiger partial charge in [0.15, 0.2) is 0 Å². The van der Waals surface area contributed by atoms with Crippen LogP contribution in [0.4, 0.5) is 4.79 Å². The van der Waals surface area contributed by atoms with Gasteiger partial charge in [-0.1, -0.05) is 13.3 Å². The highest BCUT2D eigenvalue weighted by atomic mass is 16.6. The minimum absolute atomic E-state index is 0.139. The van der Waals surface area contributed by atoms with Gasteiger partial charge in [-0.05, 0) is 33.4 Å². The van der Waals surface area contributed by atoms with Crippen molar-refractivity contribution in [1.82, 2.24) is 15.1 Å². The topological polar surface area (TPSA) is 44.8 Å². The molecular formula is C14H29N3O2. The summed E-state index contributed by atoms with van der Waals surface area (Å²) in [5.41, 5.74) is 0. The number of nitrogens with one attached hydrogen (secondary N) is 1. The van der Waals surface area contributed by atoms with Gasteiger partial charge in [-0.15, -0.1) is 0 Å². The van der Waals surface area contributed by atoms with Crippen LogP contribution in [0.5, 0.6) is 0 Å². The molecule has 1 aliphatic rings. The van der Waals surface area contributed by atoms with Gasteiger partial charge in [0.05, 0.1) is 6.61 Å². The molecule has 1 fully saturated rings. The number of carbonyl (C=O) groups is 1. The molecule has 0 aromatic rings. The van der Waals surface area contributed by atoms with Crippen molar-refractivity contribution in [3.05, 3.63) is 0 Å². The Hall–Kier alpha value is -0.810. The fourth-order valence-corrected chi connectivity index (χ4v) is 2.15. The summed E-state index contributed by atoms with van der Waals surface area (Å²) in [5, 5.41) is 3.54. The third-order valence-corrected chi connectivity index (χ3v) is 3.47. The molecule has 5 heteroatoms. The van der Waals surface area contributed by atoms with Crippen LogP contribution >= 0.6 is 0 Å². The van der Waals surface area contributed by atoms with E-state index in [1.54, 1.807) is 0 Å². The van der Waals surface area contributed by atoms with Crippen LogP contribution in [0.25, 0.3) is 0 Å². The molecule has 1 amide bonds. The molecule has 0 spiro atoms. The van der Waals surface area contributed by atoms with Gasteiger partial charge >= 0.3 is 6.09 Å². The van der Waals surface area contributed by atoms with E-state index in [4.69, 9.17) is 4.74 Å². The molecule has 1 saturated heterocycles. The lowest BCUT2D eigenvalue weighted by Gasteiger charge is -2.32. The molecule has 0 saturated carbocycles. The average Bonchev–Trinajstić information content (AvgIpc) is 2.39. The molecule has 5 nitrogen and oxygen atoms in total. The first-order valence-corrected chi connectivity index (χ1v) is 7.43. The maximum absolute atomic E-state index is 11.8. The summed E-state index contributed by atoms with van der Waals surface area (Å²) < 4.78 is 5.23. The maximum Gasteiger partial charge on any atom is 0.409 e. The standard InChI is InChI=1S/C14H29N3O2/c1-4-5-12-19-14(18)17-9-6-13(7-10-17)15-8-11-16(2)3/h13,15H,4-12H2,1-3H3. The highest BCUT2D eigenvalue weighted by Gasteiger charge is 2.23. The van der Waals surface area contributed by atoms with E-state index >= 15 is 0 Å². The molecule has 1 aliphatic heterocycles. The zero-order valence-corrected chi connectivity index (χ0v) is 12.7. The number of carbonyl (C=O) groups excluding carboxylic acids is 1. The van der Waals surface area contributed by atoms with Crippen molar-refractivity contribution >= 4 is 6.09 Å². The summed E-state index contributed by atoms with van der Waals surface area (Å²) in [5.74, 6) is 0. The van der Waals surface area contributed by atoms with Crippen LogP contribution in [-0.2, 0) is 4.74 Å². The van der Waals surface area contributed by atoms with Crippen molar-refractivity contribution < 1.29 is 9.53 Å². The van der Waals surface area contributed by atoms with E-state index in [0.29, 0.717) is 12.6 Å². The summed E-state index contributed by atoms with van der Waals surface area (Å²) in [7, 11) is 4.16. The first-order valence-electron chi connectivity index (χ1n) is 7.43. The quantitative estimate of drug-likeness (QED) is 0.713. The Kier molecular flexibility index (Phi) is 7.82. The van der Waals surface area contributed by atoms with E-state index in [-0.39, 0.29) is 6.09 Å². The molecule has 112 valence electrons. The van der Waals surface area contributed by atoms with E-state index in [0.717, 1.165) is 51.9 Å². The first-order chi connectivity index (χ1) is 9.13. The van der Waals surface area contributed by atoms with Gasteiger partial charge in [-0.25, -0.2) is 4.79 Å². The Labute approximate surface area is 117 Å². The van der Waals surface area contributed by atoms with Crippen LogP contribution in [0.2, 0.25) is 0 Å². The zero-order chi connectivity index (χ0) is 14.1. The minimum atomic E-state index is -0.139. The Bertz CT molecular complexity index is 251. The van der Waals surface area contributed by atoms with E-state index in [2.05, 4.69) is 31.2 Å². The number of nitrogens with zero attached hydrogens (tertiary/aromatic N) is 2. The van der Waals surface area contributed by atoms with Gasteiger partial charge in [-0.2, -0.15) is 0 Å². The van der Waals surface area contributed by atoms with Gasteiger partial charge in [0.25, 0.3) is 0 Å². The number of amides is 1. The number of hydrogen-bond acceptors (Lipinski definition) is 4. The largest absolute Gasteiger partial charge is 0.449 e. The second-order valence-electron chi connectivity index (χ2n) is 5.49. The van der Waals surface area contributed by atoms with Crippen LogP contribution in [0, 0.1) is 0 Å². The van der Waals surface area contributed by atoms with E-state index in [9.17, 15) is 4.79 Å². The fraction of sp³-hybridized carbons (Fsp3) is 0.929. The van der Waals surface area contributed by atoms with Gasteiger partial charge in [0, 0.05) is 32.2 Å². The summed E-state index contributed by atoms with van der Waals surface area (Å²) in [6.07, 6.45) is 3.92. The molecule has 0 atom stereocenters. The Balaban J connectivity index is 2.12. The Morgan fingerprint density at radius 3 is 2.63 bits per heavy atom. The zero-order valence-electron chi connectivity index (χ0n) is 12.7. The average molecular weight is 271 g/mol. The SMILES string of the molecule is CCCCOC(=O)N1CCC(NCCN(C)C)CC1. The van der Waals surface area contributed by atoms with Crippen LogP contribution < -0.4 is 5.32 Å². The lowest BCUT2D eigenvalue weighted by molar-refractivity contribution is 0.0897. The van der Waals surface area contributed by atoms with Crippen molar-refractivity contribution in [2.24, 2.45) is 0 Å². The van der Waals surface area contributed by atoms with Crippen molar-refractivity contribution in [3.63, 3.8) is 0 Å². The lowest BCUT2D eigenvalue weighted by atomic mass is 10.1. The molecule has 0 aromatic heterocycles. The molecule has 0 radical (unpaired) electrons. The molecule has 1 N–H and O–H groups in total. The number of piperidine rings is 1. The molecular weight excluding hydrogens is 242 g/mol. The van der Waals surface area contributed by atoms with E-state index in [1.807, 2.05) is 4.90 Å². The van der Waals surface area contributed by atoms with Crippen LogP contribution in [-0.4, -0.2) is 68.8 Å². The van der Waals surface area contributed by atoms with Gasteiger partial charge in [0.2, 0.25) is 0 Å². The highest BCUT2D eigenvalue weighted by molar-refractivity contribution is 5.67. The number of rotatable bonds is 7. The molecule has 1 rings (SSSR count). The van der Waals surface area contributed by atoms with E-state index in [1.165, 1.54) is 0 Å². The number of hydrogen-bond donors (Lipinski definition) is 1. The van der Waals surface area contributed by atoms with E-state index < -0.39 is 0 Å². The number of unbranched alkanes of at least 4 members (excludes halogenated alkanes) is 1. The second-order valence-corrected chi connectivity index (χ2v) is 5.49. The Morgan fingerprint density at radius 1 is 1.37 bits per heavy atom. The Morgan fingerprint density at radius 2 is 2.05 bits per heavy atom. The third-order valence-electron chi connectivity index (χ3n) is 3.47. The monoisotopic (exact) mass is 271 g/mol. The molecule has 0 aromatic carbocycles. The number of ether oxygens (including phenoxy) is 1. The predicted molar refractivity (Wildman–Crippen MR) is 77.4 cm³/mol. The van der Waals surface area contributed by atoms with Gasteiger partial charge < -0.3 is 19.9 Å². The summed E-state index contributed by atoms with van der Waals surface area (Å²) in [6, 6.07) is 0.541. The second kappa shape index (κ2) is 9.15. The normalized spacial score (nSPS) is 16.9. The highest BCUT2D eigenvalue weighted by Crippen LogP contribution is 2.11. The van der Waals surface area contributed by atoms with Crippen LogP contribution in [0.1, 0.15) is 32.6 Å². The molecule has 1 heterocycles. The third kappa shape index (κ3) is 6.78. The van der Waals surface area contributed by atoms with Gasteiger partial charge in [-0.3, -0.25) is 0 Å². The van der Waals surface area contributed by atoms with Crippen LogP contribution in [0.15, 0.2) is 0 Å². The number of likely N-dealkylation sites (tertiary alicyclic amines) is 1. The van der Waals surface area contributed by atoms with Crippen molar-refractivity contribution in [1.29, 1.82) is 0 Å². The van der Waals surface area contributed by atoms with Crippen molar-refractivity contribution in [2.45, 2.75) is 38.6 Å². The molecule has 0 aliphatic carbocycles. The number of likely N-dealkylation sites (N-methyl/N-ethyl adjacent to an activating group) is 1.